The van der Waals surface area contributed by atoms with Crippen LogP contribution in [0.25, 0.3) is 0 Å². The zero-order chi connectivity index (χ0) is 39.1. The number of pyridine rings is 1. The van der Waals surface area contributed by atoms with Gasteiger partial charge in [-0.05, 0) is 84.5 Å². The quantitative estimate of drug-likeness (QED) is 0.148. The van der Waals surface area contributed by atoms with Gasteiger partial charge in [-0.1, -0.05) is 64.7 Å². The molecule has 2 N–H and O–H groups in total. The summed E-state index contributed by atoms with van der Waals surface area (Å²) in [5.74, 6) is -7.63. The van der Waals surface area contributed by atoms with Crippen LogP contribution >= 0.6 is 34.8 Å². The van der Waals surface area contributed by atoms with Gasteiger partial charge in [0.15, 0.2) is 17.3 Å². The van der Waals surface area contributed by atoms with Gasteiger partial charge in [-0.3, -0.25) is 29.5 Å². The number of fused-ring (bicyclic) bond motifs is 4. The summed E-state index contributed by atoms with van der Waals surface area (Å²) in [6.45, 7) is 0. The molecule has 3 aromatic carbocycles. The summed E-state index contributed by atoms with van der Waals surface area (Å²) in [5, 5.41) is 12.0. The number of carbonyl (C=O) groups is 4. The summed E-state index contributed by atoms with van der Waals surface area (Å²) < 4.78 is 45.7. The Morgan fingerprint density at radius 1 is 0.891 bits per heavy atom. The molecule has 1 saturated carbocycles. The van der Waals surface area contributed by atoms with E-state index < -0.39 is 75.4 Å². The van der Waals surface area contributed by atoms with Gasteiger partial charge in [-0.25, -0.2) is 4.98 Å². The number of imide groups is 2. The lowest BCUT2D eigenvalue weighted by Crippen LogP contribution is -2.53. The molecular weight excluding hydrogens is 784 g/mol. The molecule has 0 spiro atoms. The number of methoxy groups -OCH3 is 1. The van der Waals surface area contributed by atoms with Gasteiger partial charge >= 0.3 is 6.18 Å². The third-order valence-corrected chi connectivity index (χ3v) is 12.0. The van der Waals surface area contributed by atoms with Gasteiger partial charge in [0.2, 0.25) is 11.8 Å². The van der Waals surface area contributed by atoms with E-state index in [4.69, 9.17) is 39.5 Å². The van der Waals surface area contributed by atoms with Crippen molar-refractivity contribution in [3.63, 3.8) is 0 Å². The number of aromatic hydroxyl groups is 1. The number of phenols is 1. The fraction of sp³-hybridized carbons (Fsp3) is 0.256. The van der Waals surface area contributed by atoms with Crippen molar-refractivity contribution in [2.45, 2.75) is 30.4 Å². The molecule has 3 heterocycles. The van der Waals surface area contributed by atoms with E-state index in [2.05, 4.69) is 10.4 Å². The van der Waals surface area contributed by atoms with Crippen molar-refractivity contribution >= 4 is 69.9 Å². The Hall–Kier alpha value is -5.11. The number of rotatable bonds is 6. The number of ether oxygens (including phenoxy) is 1. The van der Waals surface area contributed by atoms with E-state index in [1.807, 2.05) is 6.08 Å². The number of aromatic nitrogens is 1. The number of benzene rings is 3. The van der Waals surface area contributed by atoms with E-state index in [9.17, 15) is 32.7 Å². The Morgan fingerprint density at radius 3 is 2.18 bits per heavy atom. The van der Waals surface area contributed by atoms with Crippen LogP contribution in [0.1, 0.15) is 35.4 Å². The lowest BCUT2D eigenvalue weighted by atomic mass is 9.49. The molecule has 2 saturated heterocycles. The lowest BCUT2D eigenvalue weighted by Gasteiger charge is -2.50. The predicted molar refractivity (Wildman–Crippen MR) is 195 cm³/mol. The van der Waals surface area contributed by atoms with Crippen molar-refractivity contribution in [3.05, 3.63) is 122 Å². The van der Waals surface area contributed by atoms with Gasteiger partial charge in [0.1, 0.15) is 0 Å². The SMILES string of the molecule is COc1ccc(C2C3=CCC4C(=O)N(c5ccc(Cl)cc5)C(=O)C4C3CC3C(=O)N(Nc4ncc(C(F)(F)F)cc4Cl)C(=O)C32c2ccc(Cl)cc2)cc1O. The standard InChI is InChI=1S/C39H28Cl3F3N4O6/c1-55-30-13-2-18(14-29(30)50)32-24-11-12-25-31(36(53)48(34(25)51)23-9-7-22(41)8-10-23)26(24)16-27-35(52)49(37(54)38(27,32)19-3-5-21(40)6-4-19)47-33-28(42)15-20(17-46-33)39(43,44)45/h2-11,13-15,17,25-27,31-32,50H,12,16H2,1H3,(H,46,47). The average Bonchev–Trinajstić information content (AvgIpc) is 3.53. The smallest absolute Gasteiger partial charge is 0.417 e. The molecule has 0 bridgehead atoms. The fourth-order valence-corrected chi connectivity index (χ4v) is 9.35. The number of nitrogens with one attached hydrogen (secondary N) is 1. The molecule has 1 aromatic heterocycles. The molecular formula is C39H28Cl3F3N4O6. The minimum Gasteiger partial charge on any atom is -0.504 e. The Balaban J connectivity index is 1.31. The first-order valence-electron chi connectivity index (χ1n) is 17.0. The van der Waals surface area contributed by atoms with Crippen molar-refractivity contribution in [2.24, 2.45) is 23.7 Å². The molecule has 4 aliphatic rings. The van der Waals surface area contributed by atoms with Crippen molar-refractivity contribution in [1.29, 1.82) is 0 Å². The summed E-state index contributed by atoms with van der Waals surface area (Å²) in [5.41, 5.74) is 1.39. The number of allylic oxidation sites excluding steroid dienone is 2. The zero-order valence-electron chi connectivity index (χ0n) is 28.5. The largest absolute Gasteiger partial charge is 0.504 e. The summed E-state index contributed by atoms with van der Waals surface area (Å²) in [6, 6.07) is 17.9. The Morgan fingerprint density at radius 2 is 1.56 bits per heavy atom. The van der Waals surface area contributed by atoms with Crippen LogP contribution in [0.4, 0.5) is 24.7 Å². The van der Waals surface area contributed by atoms with Crippen LogP contribution in [0.5, 0.6) is 11.5 Å². The molecule has 55 heavy (non-hydrogen) atoms. The highest BCUT2D eigenvalue weighted by Gasteiger charge is 2.70. The number of anilines is 2. The lowest BCUT2D eigenvalue weighted by molar-refractivity contribution is -0.139. The van der Waals surface area contributed by atoms with Crippen molar-refractivity contribution in [3.8, 4) is 11.5 Å². The number of halogens is 6. The number of hydrogen-bond donors (Lipinski definition) is 2. The number of amides is 4. The highest BCUT2D eigenvalue weighted by molar-refractivity contribution is 6.33. The topological polar surface area (TPSA) is 129 Å². The number of hydrazine groups is 1. The van der Waals surface area contributed by atoms with Crippen LogP contribution in [0.2, 0.25) is 15.1 Å². The second-order valence-electron chi connectivity index (χ2n) is 13.8. The molecule has 0 radical (unpaired) electrons. The highest BCUT2D eigenvalue weighted by atomic mass is 35.5. The number of alkyl halides is 3. The summed E-state index contributed by atoms with van der Waals surface area (Å²) in [7, 11) is 1.37. The Labute approximate surface area is 326 Å². The van der Waals surface area contributed by atoms with Crippen LogP contribution in [-0.2, 0) is 30.8 Å². The molecule has 3 fully saturated rings. The second kappa shape index (κ2) is 13.3. The van der Waals surface area contributed by atoms with Gasteiger partial charge in [-0.2, -0.15) is 18.2 Å². The fourth-order valence-electron chi connectivity index (χ4n) is 8.89. The highest BCUT2D eigenvalue weighted by Crippen LogP contribution is 2.64. The molecule has 2 aliphatic carbocycles. The van der Waals surface area contributed by atoms with Crippen LogP contribution < -0.4 is 15.1 Å². The maximum absolute atomic E-state index is 15.3. The van der Waals surface area contributed by atoms with Gasteiger partial charge in [0.25, 0.3) is 11.8 Å². The van der Waals surface area contributed by atoms with E-state index in [0.29, 0.717) is 49.7 Å². The molecule has 6 atom stereocenters. The first kappa shape index (κ1) is 36.8. The van der Waals surface area contributed by atoms with Crippen molar-refractivity contribution < 1.29 is 42.2 Å². The van der Waals surface area contributed by atoms with Crippen molar-refractivity contribution in [1.82, 2.24) is 9.99 Å². The molecule has 2 aliphatic heterocycles. The molecule has 16 heteroatoms. The van der Waals surface area contributed by atoms with Crippen LogP contribution in [0.15, 0.2) is 90.6 Å². The minimum absolute atomic E-state index is 0.0708. The monoisotopic (exact) mass is 810 g/mol. The van der Waals surface area contributed by atoms with Gasteiger partial charge in [-0.15, -0.1) is 0 Å². The normalized spacial score (nSPS) is 26.1. The average molecular weight is 812 g/mol. The number of nitrogens with zero attached hydrogens (tertiary/aromatic N) is 3. The maximum Gasteiger partial charge on any atom is 0.417 e. The number of hydrogen-bond acceptors (Lipinski definition) is 8. The van der Waals surface area contributed by atoms with E-state index >= 15 is 4.79 Å². The third-order valence-electron chi connectivity index (χ3n) is 11.2. The van der Waals surface area contributed by atoms with Gasteiger partial charge in [0.05, 0.1) is 46.6 Å². The Kier molecular flexibility index (Phi) is 8.90. The van der Waals surface area contributed by atoms with Gasteiger partial charge in [0, 0.05) is 22.2 Å². The first-order valence-corrected chi connectivity index (χ1v) is 18.1. The van der Waals surface area contributed by atoms with E-state index in [-0.39, 0.29) is 30.2 Å². The molecule has 10 nitrogen and oxygen atoms in total. The zero-order valence-corrected chi connectivity index (χ0v) is 30.7. The molecule has 4 amide bonds. The van der Waals surface area contributed by atoms with Crippen LogP contribution in [0, 0.1) is 23.7 Å². The number of phenolic OH excluding ortho intramolecular Hbond substituents is 1. The summed E-state index contributed by atoms with van der Waals surface area (Å²) in [4.78, 5) is 63.4. The first-order chi connectivity index (χ1) is 26.2. The number of carbonyl (C=O) groups excluding carboxylic acids is 4. The molecule has 8 rings (SSSR count). The molecule has 282 valence electrons. The van der Waals surface area contributed by atoms with Gasteiger partial charge < -0.3 is 9.84 Å². The summed E-state index contributed by atoms with van der Waals surface area (Å²) >= 11 is 18.7. The van der Waals surface area contributed by atoms with Crippen molar-refractivity contribution in [2.75, 3.05) is 17.4 Å². The van der Waals surface area contributed by atoms with Crippen LogP contribution in [-0.4, -0.2) is 45.8 Å². The van der Waals surface area contributed by atoms with E-state index in [1.165, 1.54) is 19.2 Å². The predicted octanol–water partition coefficient (Wildman–Crippen LogP) is 7.96. The van der Waals surface area contributed by atoms with E-state index in [1.54, 1.807) is 54.6 Å². The third kappa shape index (κ3) is 5.65. The molecule has 4 aromatic rings. The second-order valence-corrected chi connectivity index (χ2v) is 15.1. The van der Waals surface area contributed by atoms with Crippen LogP contribution in [0.3, 0.4) is 0 Å². The summed E-state index contributed by atoms with van der Waals surface area (Å²) in [6.07, 6.45) is -2.33. The Bertz CT molecular complexity index is 2320. The van der Waals surface area contributed by atoms with E-state index in [0.717, 1.165) is 4.90 Å². The maximum atomic E-state index is 15.3. The minimum atomic E-state index is -4.76. The molecule has 6 unspecified atom stereocenters.